The van der Waals surface area contributed by atoms with Crippen molar-refractivity contribution in [3.8, 4) is 5.75 Å². The molecule has 1 atom stereocenters. The fraction of sp³-hybridized carbons (Fsp3) is 0.333. The molecule has 27 heavy (non-hydrogen) atoms. The van der Waals surface area contributed by atoms with E-state index in [2.05, 4.69) is 5.32 Å². The van der Waals surface area contributed by atoms with Crippen LogP contribution in [0.5, 0.6) is 5.75 Å². The van der Waals surface area contributed by atoms with Gasteiger partial charge in [-0.05, 0) is 37.3 Å². The van der Waals surface area contributed by atoms with Crippen LogP contribution < -0.4 is 15.0 Å². The molecule has 0 unspecified atom stereocenters. The second kappa shape index (κ2) is 8.48. The second-order valence-electron chi connectivity index (χ2n) is 6.59. The van der Waals surface area contributed by atoms with E-state index in [1.54, 1.807) is 16.7 Å². The summed E-state index contributed by atoms with van der Waals surface area (Å²) in [4.78, 5) is 26.6. The Hall–Kier alpha value is -2.47. The number of hydrogen-bond acceptors (Lipinski definition) is 4. The first-order valence-electron chi connectivity index (χ1n) is 9.07. The van der Waals surface area contributed by atoms with E-state index >= 15 is 0 Å². The lowest BCUT2D eigenvalue weighted by molar-refractivity contribution is -0.119. The van der Waals surface area contributed by atoms with E-state index in [9.17, 15) is 9.59 Å². The molecule has 2 aromatic rings. The van der Waals surface area contributed by atoms with E-state index in [1.807, 2.05) is 69.3 Å². The van der Waals surface area contributed by atoms with Crippen LogP contribution in [0.1, 0.15) is 31.7 Å². The number of nitrogens with zero attached hydrogens (tertiary/aromatic N) is 1. The van der Waals surface area contributed by atoms with Gasteiger partial charge in [0.25, 0.3) is 0 Å². The Labute approximate surface area is 164 Å². The molecule has 0 radical (unpaired) electrons. The zero-order valence-corrected chi connectivity index (χ0v) is 16.6. The maximum Gasteiger partial charge on any atom is 0.238 e. The van der Waals surface area contributed by atoms with Crippen LogP contribution in [-0.4, -0.2) is 24.2 Å². The number of carbonyl (C=O) groups is 2. The molecule has 0 aromatic heterocycles. The Morgan fingerprint density at radius 3 is 2.59 bits per heavy atom. The van der Waals surface area contributed by atoms with E-state index in [4.69, 9.17) is 4.74 Å². The molecular formula is C21H24N2O3S. The van der Waals surface area contributed by atoms with Crippen LogP contribution in [0.15, 0.2) is 48.5 Å². The summed E-state index contributed by atoms with van der Waals surface area (Å²) in [6.07, 6.45) is 0. The number of carbonyl (C=O) groups excluding carboxylic acids is 2. The van der Waals surface area contributed by atoms with Crippen LogP contribution in [0.25, 0.3) is 0 Å². The largest absolute Gasteiger partial charge is 0.494 e. The molecule has 2 aromatic carbocycles. The van der Waals surface area contributed by atoms with Crippen molar-refractivity contribution in [2.24, 2.45) is 5.92 Å². The van der Waals surface area contributed by atoms with Gasteiger partial charge in [-0.3, -0.25) is 14.5 Å². The third-order valence-corrected chi connectivity index (χ3v) is 5.50. The Kier molecular flexibility index (Phi) is 6.06. The monoisotopic (exact) mass is 384 g/mol. The number of amides is 2. The first-order valence-corrected chi connectivity index (χ1v) is 10.1. The lowest BCUT2D eigenvalue weighted by atomic mass is 10.1. The van der Waals surface area contributed by atoms with Gasteiger partial charge in [-0.25, -0.2) is 0 Å². The van der Waals surface area contributed by atoms with Crippen molar-refractivity contribution in [2.75, 3.05) is 22.6 Å². The molecule has 1 N–H and O–H groups in total. The molecule has 1 aliphatic rings. The topological polar surface area (TPSA) is 58.6 Å². The molecule has 2 amide bonds. The van der Waals surface area contributed by atoms with E-state index in [-0.39, 0.29) is 23.1 Å². The fourth-order valence-corrected chi connectivity index (χ4v) is 4.12. The summed E-state index contributed by atoms with van der Waals surface area (Å²) >= 11 is 1.56. The third kappa shape index (κ3) is 4.27. The standard InChI is InChI=1S/C21H24N2O3S/c1-4-26-16-11-9-15(10-12-16)23-19(24)13-27-21(23)17-7-5-6-8-18(17)22-20(25)14(2)3/h5-12,14,21H,4,13H2,1-3H3,(H,22,25)/t21-/m1/s1. The SMILES string of the molecule is CCOc1ccc(N2C(=O)CS[C@@H]2c2ccccc2NC(=O)C(C)C)cc1. The number of benzene rings is 2. The molecular weight excluding hydrogens is 360 g/mol. The molecule has 1 heterocycles. The molecule has 1 saturated heterocycles. The van der Waals surface area contributed by atoms with Gasteiger partial charge in [0.2, 0.25) is 11.8 Å². The molecule has 0 bridgehead atoms. The van der Waals surface area contributed by atoms with Crippen molar-refractivity contribution in [1.82, 2.24) is 0 Å². The van der Waals surface area contributed by atoms with E-state index < -0.39 is 0 Å². The van der Waals surface area contributed by atoms with Gasteiger partial charge >= 0.3 is 0 Å². The molecule has 3 rings (SSSR count). The lowest BCUT2D eigenvalue weighted by Gasteiger charge is -2.26. The summed E-state index contributed by atoms with van der Waals surface area (Å²) in [7, 11) is 0. The molecule has 1 fully saturated rings. The maximum atomic E-state index is 12.6. The van der Waals surface area contributed by atoms with Gasteiger partial charge in [0.15, 0.2) is 0 Å². The summed E-state index contributed by atoms with van der Waals surface area (Å²) < 4.78 is 5.49. The minimum atomic E-state index is -0.181. The zero-order chi connectivity index (χ0) is 19.4. The minimum Gasteiger partial charge on any atom is -0.494 e. The van der Waals surface area contributed by atoms with E-state index in [1.165, 1.54) is 0 Å². The third-order valence-electron chi connectivity index (χ3n) is 4.30. The molecule has 1 aliphatic heterocycles. The molecule has 0 spiro atoms. The summed E-state index contributed by atoms with van der Waals surface area (Å²) in [5.41, 5.74) is 2.50. The van der Waals surface area contributed by atoms with Crippen LogP contribution >= 0.6 is 11.8 Å². The Balaban J connectivity index is 1.91. The summed E-state index contributed by atoms with van der Waals surface area (Å²) in [6, 6.07) is 15.2. The number of rotatable bonds is 6. The summed E-state index contributed by atoms with van der Waals surface area (Å²) in [5.74, 6) is 1.09. The molecule has 6 heteroatoms. The van der Waals surface area contributed by atoms with Crippen molar-refractivity contribution in [1.29, 1.82) is 0 Å². The quantitative estimate of drug-likeness (QED) is 0.799. The highest BCUT2D eigenvalue weighted by molar-refractivity contribution is 8.00. The normalized spacial score (nSPS) is 16.7. The van der Waals surface area contributed by atoms with Crippen molar-refractivity contribution >= 4 is 35.0 Å². The van der Waals surface area contributed by atoms with Gasteiger partial charge in [-0.1, -0.05) is 32.0 Å². The van der Waals surface area contributed by atoms with E-state index in [0.717, 1.165) is 22.7 Å². The van der Waals surface area contributed by atoms with Crippen LogP contribution in [0.3, 0.4) is 0 Å². The van der Waals surface area contributed by atoms with Gasteiger partial charge in [-0.2, -0.15) is 0 Å². The minimum absolute atomic E-state index is 0.0376. The molecule has 0 saturated carbocycles. The number of hydrogen-bond donors (Lipinski definition) is 1. The van der Waals surface area contributed by atoms with Crippen LogP contribution in [0, 0.1) is 5.92 Å². The van der Waals surface area contributed by atoms with Gasteiger partial charge in [0.1, 0.15) is 11.1 Å². The average Bonchev–Trinajstić information content (AvgIpc) is 3.04. The second-order valence-corrected chi connectivity index (χ2v) is 7.65. The summed E-state index contributed by atoms with van der Waals surface area (Å²) in [5, 5.41) is 2.81. The predicted octanol–water partition coefficient (Wildman–Crippen LogP) is 4.46. The molecule has 0 aliphatic carbocycles. The van der Waals surface area contributed by atoms with Crippen LogP contribution in [0.2, 0.25) is 0 Å². The van der Waals surface area contributed by atoms with E-state index in [0.29, 0.717) is 12.4 Å². The van der Waals surface area contributed by atoms with Crippen LogP contribution in [-0.2, 0) is 9.59 Å². The Bertz CT molecular complexity index is 820. The van der Waals surface area contributed by atoms with Crippen molar-refractivity contribution in [3.05, 3.63) is 54.1 Å². The first kappa shape index (κ1) is 19.3. The number of para-hydroxylation sites is 1. The smallest absolute Gasteiger partial charge is 0.238 e. The van der Waals surface area contributed by atoms with Crippen molar-refractivity contribution in [2.45, 2.75) is 26.1 Å². The van der Waals surface area contributed by atoms with Gasteiger partial charge in [0.05, 0.1) is 12.4 Å². The maximum absolute atomic E-state index is 12.6. The highest BCUT2D eigenvalue weighted by Crippen LogP contribution is 2.44. The van der Waals surface area contributed by atoms with Gasteiger partial charge < -0.3 is 10.1 Å². The molecule has 5 nitrogen and oxygen atoms in total. The van der Waals surface area contributed by atoms with Gasteiger partial charge in [-0.15, -0.1) is 11.8 Å². The highest BCUT2D eigenvalue weighted by Gasteiger charge is 2.35. The van der Waals surface area contributed by atoms with Gasteiger partial charge in [0, 0.05) is 22.9 Å². The zero-order valence-electron chi connectivity index (χ0n) is 15.8. The Morgan fingerprint density at radius 1 is 1.22 bits per heavy atom. The number of anilines is 2. The lowest BCUT2D eigenvalue weighted by Crippen LogP contribution is -2.28. The highest BCUT2D eigenvalue weighted by atomic mass is 32.2. The number of nitrogens with one attached hydrogen (secondary N) is 1. The molecule has 142 valence electrons. The first-order chi connectivity index (χ1) is 13.0. The number of ether oxygens (including phenoxy) is 1. The average molecular weight is 385 g/mol. The Morgan fingerprint density at radius 2 is 1.93 bits per heavy atom. The predicted molar refractivity (Wildman–Crippen MR) is 110 cm³/mol. The number of thioether (sulfide) groups is 1. The fourth-order valence-electron chi connectivity index (χ4n) is 2.91. The van der Waals surface area contributed by atoms with Crippen molar-refractivity contribution in [3.63, 3.8) is 0 Å². The summed E-state index contributed by atoms with van der Waals surface area (Å²) in [6.45, 7) is 6.26. The van der Waals surface area contributed by atoms with Crippen molar-refractivity contribution < 1.29 is 14.3 Å². The van der Waals surface area contributed by atoms with Crippen LogP contribution in [0.4, 0.5) is 11.4 Å².